The molecule has 1 fully saturated rings. The summed E-state index contributed by atoms with van der Waals surface area (Å²) in [6.45, 7) is 2.61. The highest BCUT2D eigenvalue weighted by Gasteiger charge is 2.28. The molecule has 1 aliphatic heterocycles. The highest BCUT2D eigenvalue weighted by molar-refractivity contribution is 5.94. The molecule has 1 aliphatic rings. The lowest BCUT2D eigenvalue weighted by Crippen LogP contribution is -2.43. The van der Waals surface area contributed by atoms with Gasteiger partial charge in [-0.25, -0.2) is 9.37 Å². The minimum atomic E-state index is -1.22. The van der Waals surface area contributed by atoms with Gasteiger partial charge in [0.1, 0.15) is 0 Å². The minimum absolute atomic E-state index is 0.127. The molecule has 0 radical (unpaired) electrons. The first-order chi connectivity index (χ1) is 8.65. The van der Waals surface area contributed by atoms with Crippen molar-refractivity contribution in [3.05, 3.63) is 29.6 Å². The SMILES string of the molecule is CCC1CCCCN1C(=O)c1ccnc(F)c1F. The first-order valence-electron chi connectivity index (χ1n) is 6.26. The molecule has 1 atom stereocenters. The zero-order valence-electron chi connectivity index (χ0n) is 10.3. The Bertz CT molecular complexity index is 451. The molecule has 0 aliphatic carbocycles. The Morgan fingerprint density at radius 3 is 3.00 bits per heavy atom. The van der Waals surface area contributed by atoms with E-state index in [0.29, 0.717) is 6.54 Å². The molecule has 0 bridgehead atoms. The molecule has 2 rings (SSSR count). The van der Waals surface area contributed by atoms with Gasteiger partial charge in [0, 0.05) is 18.8 Å². The van der Waals surface area contributed by atoms with Crippen molar-refractivity contribution in [2.75, 3.05) is 6.54 Å². The quantitative estimate of drug-likeness (QED) is 0.760. The maximum atomic E-state index is 13.6. The van der Waals surface area contributed by atoms with Gasteiger partial charge in [0.2, 0.25) is 5.95 Å². The van der Waals surface area contributed by atoms with Gasteiger partial charge in [0.05, 0.1) is 5.56 Å². The topological polar surface area (TPSA) is 33.2 Å². The van der Waals surface area contributed by atoms with Crippen LogP contribution in [0.1, 0.15) is 43.0 Å². The summed E-state index contributed by atoms with van der Waals surface area (Å²) in [4.78, 5) is 17.1. The minimum Gasteiger partial charge on any atom is -0.336 e. The van der Waals surface area contributed by atoms with E-state index in [2.05, 4.69) is 4.98 Å². The van der Waals surface area contributed by atoms with Gasteiger partial charge >= 0.3 is 0 Å². The summed E-state index contributed by atoms with van der Waals surface area (Å²) >= 11 is 0. The predicted octanol–water partition coefficient (Wildman–Crippen LogP) is 2.76. The Morgan fingerprint density at radius 1 is 1.50 bits per heavy atom. The van der Waals surface area contributed by atoms with Crippen molar-refractivity contribution in [2.24, 2.45) is 0 Å². The molecular formula is C13H16F2N2O. The van der Waals surface area contributed by atoms with E-state index in [4.69, 9.17) is 0 Å². The van der Waals surface area contributed by atoms with Crippen molar-refractivity contribution >= 4 is 5.91 Å². The maximum absolute atomic E-state index is 13.6. The van der Waals surface area contributed by atoms with Gasteiger partial charge in [-0.2, -0.15) is 4.39 Å². The fraction of sp³-hybridized carbons (Fsp3) is 0.538. The summed E-state index contributed by atoms with van der Waals surface area (Å²) in [6.07, 6.45) is 4.88. The molecule has 1 saturated heterocycles. The van der Waals surface area contributed by atoms with E-state index in [1.54, 1.807) is 4.90 Å². The number of carbonyl (C=O) groups excluding carboxylic acids is 1. The lowest BCUT2D eigenvalue weighted by molar-refractivity contribution is 0.0601. The standard InChI is InChI=1S/C13H16F2N2O/c1-2-9-5-3-4-8-17(9)13(18)10-6-7-16-12(15)11(10)14/h6-7,9H,2-5,8H2,1H3. The molecule has 18 heavy (non-hydrogen) atoms. The van der Waals surface area contributed by atoms with Gasteiger partial charge in [-0.1, -0.05) is 6.92 Å². The number of halogens is 2. The van der Waals surface area contributed by atoms with E-state index in [0.717, 1.165) is 31.9 Å². The second-order valence-electron chi connectivity index (χ2n) is 4.52. The second-order valence-corrected chi connectivity index (χ2v) is 4.52. The third-order valence-electron chi connectivity index (χ3n) is 3.44. The van der Waals surface area contributed by atoms with Crippen LogP contribution in [0.25, 0.3) is 0 Å². The summed E-state index contributed by atoms with van der Waals surface area (Å²) in [5.74, 6) is -2.80. The van der Waals surface area contributed by atoms with Crippen LogP contribution < -0.4 is 0 Å². The Kier molecular flexibility index (Phi) is 3.89. The van der Waals surface area contributed by atoms with Crippen LogP contribution in [0.3, 0.4) is 0 Å². The van der Waals surface area contributed by atoms with Gasteiger partial charge in [-0.3, -0.25) is 4.79 Å². The Labute approximate surface area is 105 Å². The number of rotatable bonds is 2. The third kappa shape index (κ3) is 2.35. The molecule has 0 saturated carbocycles. The lowest BCUT2D eigenvalue weighted by Gasteiger charge is -2.35. The van der Waals surface area contributed by atoms with Gasteiger partial charge in [-0.15, -0.1) is 0 Å². The molecule has 0 aromatic carbocycles. The van der Waals surface area contributed by atoms with Gasteiger partial charge < -0.3 is 4.90 Å². The van der Waals surface area contributed by atoms with E-state index < -0.39 is 17.7 Å². The van der Waals surface area contributed by atoms with Crippen LogP contribution in [0.5, 0.6) is 0 Å². The van der Waals surface area contributed by atoms with Crippen molar-refractivity contribution < 1.29 is 13.6 Å². The number of hydrogen-bond donors (Lipinski definition) is 0. The van der Waals surface area contributed by atoms with E-state index in [1.165, 1.54) is 6.07 Å². The summed E-state index contributed by atoms with van der Waals surface area (Å²) in [5.41, 5.74) is -0.220. The summed E-state index contributed by atoms with van der Waals surface area (Å²) in [5, 5.41) is 0. The van der Waals surface area contributed by atoms with Gasteiger partial charge in [0.15, 0.2) is 5.82 Å². The smallest absolute Gasteiger partial charge is 0.257 e. The normalized spacial score (nSPS) is 19.9. The monoisotopic (exact) mass is 254 g/mol. The zero-order valence-corrected chi connectivity index (χ0v) is 10.3. The number of nitrogens with zero attached hydrogens (tertiary/aromatic N) is 2. The van der Waals surface area contributed by atoms with E-state index >= 15 is 0 Å². The lowest BCUT2D eigenvalue weighted by atomic mass is 9.99. The molecule has 98 valence electrons. The fourth-order valence-electron chi connectivity index (χ4n) is 2.43. The van der Waals surface area contributed by atoms with Crippen molar-refractivity contribution in [1.29, 1.82) is 0 Å². The number of likely N-dealkylation sites (tertiary alicyclic amines) is 1. The number of amides is 1. The molecule has 1 unspecified atom stereocenters. The van der Waals surface area contributed by atoms with Crippen LogP contribution in [0.2, 0.25) is 0 Å². The van der Waals surface area contributed by atoms with Crippen molar-refractivity contribution in [1.82, 2.24) is 9.88 Å². The largest absolute Gasteiger partial charge is 0.336 e. The fourth-order valence-corrected chi connectivity index (χ4v) is 2.43. The average Bonchev–Trinajstić information content (AvgIpc) is 2.41. The average molecular weight is 254 g/mol. The molecule has 1 aromatic rings. The zero-order chi connectivity index (χ0) is 13.1. The van der Waals surface area contributed by atoms with Crippen LogP contribution in [0.4, 0.5) is 8.78 Å². The summed E-state index contributed by atoms with van der Waals surface area (Å²) in [7, 11) is 0. The first-order valence-corrected chi connectivity index (χ1v) is 6.26. The Balaban J connectivity index is 2.27. The second kappa shape index (κ2) is 5.42. The van der Waals surface area contributed by atoms with Crippen molar-refractivity contribution in [3.8, 4) is 0 Å². The molecule has 2 heterocycles. The number of pyridine rings is 1. The maximum Gasteiger partial charge on any atom is 0.257 e. The molecule has 3 nitrogen and oxygen atoms in total. The Hall–Kier alpha value is -1.52. The van der Waals surface area contributed by atoms with Crippen molar-refractivity contribution in [2.45, 2.75) is 38.6 Å². The van der Waals surface area contributed by atoms with E-state index in [9.17, 15) is 13.6 Å². The number of hydrogen-bond acceptors (Lipinski definition) is 2. The molecular weight excluding hydrogens is 238 g/mol. The predicted molar refractivity (Wildman–Crippen MR) is 63.1 cm³/mol. The molecule has 1 amide bonds. The van der Waals surface area contributed by atoms with Crippen LogP contribution >= 0.6 is 0 Å². The molecule has 1 aromatic heterocycles. The Morgan fingerprint density at radius 2 is 2.28 bits per heavy atom. The molecule has 0 N–H and O–H groups in total. The van der Waals surface area contributed by atoms with Crippen LogP contribution in [-0.4, -0.2) is 28.4 Å². The van der Waals surface area contributed by atoms with Crippen LogP contribution in [-0.2, 0) is 0 Å². The summed E-state index contributed by atoms with van der Waals surface area (Å²) in [6, 6.07) is 1.36. The van der Waals surface area contributed by atoms with Crippen molar-refractivity contribution in [3.63, 3.8) is 0 Å². The number of piperidine rings is 1. The first kappa shape index (κ1) is 12.9. The summed E-state index contributed by atoms with van der Waals surface area (Å²) < 4.78 is 26.6. The number of carbonyl (C=O) groups is 1. The van der Waals surface area contributed by atoms with E-state index in [-0.39, 0.29) is 11.6 Å². The van der Waals surface area contributed by atoms with Crippen LogP contribution in [0, 0.1) is 11.8 Å². The third-order valence-corrected chi connectivity index (χ3v) is 3.44. The molecule has 5 heteroatoms. The highest BCUT2D eigenvalue weighted by atomic mass is 19.2. The van der Waals surface area contributed by atoms with E-state index in [1.807, 2.05) is 6.92 Å². The molecule has 0 spiro atoms. The van der Waals surface area contributed by atoms with Crippen LogP contribution in [0.15, 0.2) is 12.3 Å². The van der Waals surface area contributed by atoms with Gasteiger partial charge in [0.25, 0.3) is 5.91 Å². The number of aromatic nitrogens is 1. The highest BCUT2D eigenvalue weighted by Crippen LogP contribution is 2.22. The van der Waals surface area contributed by atoms with Gasteiger partial charge in [-0.05, 0) is 31.7 Å².